The lowest BCUT2D eigenvalue weighted by molar-refractivity contribution is 0.142. The van der Waals surface area contributed by atoms with Gasteiger partial charge in [-0.2, -0.15) is 8.75 Å². The van der Waals surface area contributed by atoms with Crippen molar-refractivity contribution in [2.45, 2.75) is 0 Å². The van der Waals surface area contributed by atoms with Crippen molar-refractivity contribution in [3.8, 4) is 0 Å². The summed E-state index contributed by atoms with van der Waals surface area (Å²) in [6.07, 6.45) is 2.21. The molecule has 1 aliphatic heterocycles. The molecule has 0 aliphatic carbocycles. The molecule has 3 heterocycles. The molecule has 2 aromatic rings. The number of nitrogens with one attached hydrogen (secondary N) is 1. The minimum Gasteiger partial charge on any atom is -0.465 e. The van der Waals surface area contributed by atoms with Gasteiger partial charge >= 0.3 is 6.09 Å². The Hall–Kier alpha value is -2.49. The zero-order valence-corrected chi connectivity index (χ0v) is 11.8. The van der Waals surface area contributed by atoms with E-state index in [1.165, 1.54) is 11.2 Å². The third-order valence-electron chi connectivity index (χ3n) is 3.15. The highest BCUT2D eigenvalue weighted by molar-refractivity contribution is 6.99. The average molecular weight is 307 g/mol. The maximum absolute atomic E-state index is 10.9. The molecule has 0 bridgehead atoms. The van der Waals surface area contributed by atoms with Crippen molar-refractivity contribution in [1.82, 2.24) is 23.6 Å². The van der Waals surface area contributed by atoms with Crippen LogP contribution in [0.1, 0.15) is 0 Å². The van der Waals surface area contributed by atoms with Gasteiger partial charge in [-0.1, -0.05) is 0 Å². The fourth-order valence-corrected chi connectivity index (χ4v) is 2.59. The molecule has 2 aromatic heterocycles. The third-order valence-corrected chi connectivity index (χ3v) is 3.67. The second-order valence-electron chi connectivity index (χ2n) is 4.41. The van der Waals surface area contributed by atoms with Gasteiger partial charge in [0, 0.05) is 32.4 Å². The van der Waals surface area contributed by atoms with Gasteiger partial charge in [-0.25, -0.2) is 14.8 Å². The van der Waals surface area contributed by atoms with Gasteiger partial charge in [0.05, 0.1) is 11.7 Å². The molecule has 1 fully saturated rings. The number of aromatic nitrogens is 4. The number of amides is 1. The Kier molecular flexibility index (Phi) is 3.77. The summed E-state index contributed by atoms with van der Waals surface area (Å²) in [5, 5.41) is 12.1. The Morgan fingerprint density at radius 3 is 2.76 bits per heavy atom. The highest BCUT2D eigenvalue weighted by Gasteiger charge is 2.24. The number of rotatable bonds is 3. The average Bonchev–Trinajstić information content (AvgIpc) is 2.96. The Bertz CT molecular complexity index is 612. The minimum atomic E-state index is -0.884. The SMILES string of the molecule is O=C(O)N1CCN(c2nsnc2Nc2ccncn2)CC1. The molecule has 9 nitrogen and oxygen atoms in total. The highest BCUT2D eigenvalue weighted by atomic mass is 32.1. The summed E-state index contributed by atoms with van der Waals surface area (Å²) in [6, 6.07) is 1.74. The molecule has 0 spiro atoms. The fourth-order valence-electron chi connectivity index (χ4n) is 2.07. The van der Waals surface area contributed by atoms with Gasteiger partial charge in [0.1, 0.15) is 12.1 Å². The lowest BCUT2D eigenvalue weighted by atomic mass is 10.3. The van der Waals surface area contributed by atoms with Crippen molar-refractivity contribution < 1.29 is 9.90 Å². The first-order chi connectivity index (χ1) is 10.2. The van der Waals surface area contributed by atoms with Crippen molar-refractivity contribution in [3.05, 3.63) is 18.6 Å². The Labute approximate surface area is 124 Å². The summed E-state index contributed by atoms with van der Waals surface area (Å²) in [5.74, 6) is 1.99. The second-order valence-corrected chi connectivity index (χ2v) is 4.94. The molecule has 0 radical (unpaired) electrons. The number of carboxylic acid groups (broad SMARTS) is 1. The van der Waals surface area contributed by atoms with Crippen LogP contribution in [0.15, 0.2) is 18.6 Å². The monoisotopic (exact) mass is 307 g/mol. The van der Waals surface area contributed by atoms with E-state index in [-0.39, 0.29) is 0 Å². The number of hydrogen-bond donors (Lipinski definition) is 2. The first-order valence-electron chi connectivity index (χ1n) is 6.32. The van der Waals surface area contributed by atoms with Crippen LogP contribution in [0.5, 0.6) is 0 Å². The molecule has 3 rings (SSSR count). The van der Waals surface area contributed by atoms with Crippen LogP contribution in [0.2, 0.25) is 0 Å². The molecule has 0 atom stereocenters. The summed E-state index contributed by atoms with van der Waals surface area (Å²) in [5.41, 5.74) is 0. The van der Waals surface area contributed by atoms with Crippen molar-refractivity contribution in [2.75, 3.05) is 36.4 Å². The lowest BCUT2D eigenvalue weighted by Crippen LogP contribution is -2.48. The van der Waals surface area contributed by atoms with E-state index < -0.39 is 6.09 Å². The molecule has 0 unspecified atom stereocenters. The maximum atomic E-state index is 10.9. The molecule has 2 N–H and O–H groups in total. The smallest absolute Gasteiger partial charge is 0.407 e. The first-order valence-corrected chi connectivity index (χ1v) is 7.05. The van der Waals surface area contributed by atoms with Gasteiger partial charge in [0.25, 0.3) is 0 Å². The molecule has 1 saturated heterocycles. The van der Waals surface area contributed by atoms with Crippen LogP contribution in [0, 0.1) is 0 Å². The van der Waals surface area contributed by atoms with Crippen molar-refractivity contribution in [1.29, 1.82) is 0 Å². The van der Waals surface area contributed by atoms with E-state index in [0.717, 1.165) is 17.5 Å². The van der Waals surface area contributed by atoms with Crippen LogP contribution in [0.25, 0.3) is 0 Å². The predicted octanol–water partition coefficient (Wildman–Crippen LogP) is 0.872. The van der Waals surface area contributed by atoms with E-state index >= 15 is 0 Å². The van der Waals surface area contributed by atoms with Crippen LogP contribution >= 0.6 is 11.7 Å². The minimum absolute atomic E-state index is 0.458. The molecule has 10 heteroatoms. The van der Waals surface area contributed by atoms with Gasteiger partial charge in [0.15, 0.2) is 11.6 Å². The normalized spacial score (nSPS) is 15.0. The van der Waals surface area contributed by atoms with Crippen LogP contribution in [0.3, 0.4) is 0 Å². The van der Waals surface area contributed by atoms with Gasteiger partial charge in [0.2, 0.25) is 0 Å². The topological polar surface area (TPSA) is 107 Å². The number of piperazine rings is 1. The van der Waals surface area contributed by atoms with Gasteiger partial charge in [-0.15, -0.1) is 0 Å². The zero-order chi connectivity index (χ0) is 14.7. The molecule has 1 aliphatic rings. The molecule has 110 valence electrons. The zero-order valence-electron chi connectivity index (χ0n) is 11.0. The van der Waals surface area contributed by atoms with Gasteiger partial charge in [-0.05, 0) is 6.07 Å². The summed E-state index contributed by atoms with van der Waals surface area (Å²) < 4.78 is 8.52. The summed E-state index contributed by atoms with van der Waals surface area (Å²) in [4.78, 5) is 22.3. The summed E-state index contributed by atoms with van der Waals surface area (Å²) >= 11 is 1.11. The van der Waals surface area contributed by atoms with E-state index in [1.807, 2.05) is 4.90 Å². The number of carbonyl (C=O) groups is 1. The number of nitrogens with zero attached hydrogens (tertiary/aromatic N) is 6. The largest absolute Gasteiger partial charge is 0.465 e. The van der Waals surface area contributed by atoms with E-state index in [1.54, 1.807) is 12.3 Å². The Morgan fingerprint density at radius 1 is 1.29 bits per heavy atom. The van der Waals surface area contributed by atoms with E-state index in [0.29, 0.717) is 37.8 Å². The van der Waals surface area contributed by atoms with Crippen LogP contribution < -0.4 is 10.2 Å². The van der Waals surface area contributed by atoms with E-state index in [4.69, 9.17) is 5.11 Å². The van der Waals surface area contributed by atoms with Crippen molar-refractivity contribution in [2.24, 2.45) is 0 Å². The molecule has 21 heavy (non-hydrogen) atoms. The molecule has 0 aromatic carbocycles. The van der Waals surface area contributed by atoms with Crippen LogP contribution in [0.4, 0.5) is 22.2 Å². The van der Waals surface area contributed by atoms with Gasteiger partial charge in [-0.3, -0.25) is 0 Å². The number of hydrogen-bond acceptors (Lipinski definition) is 8. The van der Waals surface area contributed by atoms with Crippen LogP contribution in [-0.4, -0.2) is 61.0 Å². The first kappa shape index (κ1) is 13.5. The molecule has 1 amide bonds. The molecule has 0 saturated carbocycles. The fraction of sp³-hybridized carbons (Fsp3) is 0.364. The second kappa shape index (κ2) is 5.87. The standard InChI is InChI=1S/C11H13N7O2S/c19-11(20)18-5-3-17(4-6-18)10-9(15-21-16-10)14-8-1-2-12-7-13-8/h1-2,7H,3-6H2,(H,19,20)(H,12,13,14,15). The number of anilines is 3. The third kappa shape index (κ3) is 2.99. The Balaban J connectivity index is 1.70. The van der Waals surface area contributed by atoms with E-state index in [9.17, 15) is 4.79 Å². The summed E-state index contributed by atoms with van der Waals surface area (Å²) in [7, 11) is 0. The Morgan fingerprint density at radius 2 is 2.10 bits per heavy atom. The summed E-state index contributed by atoms with van der Waals surface area (Å²) in [6.45, 7) is 2.10. The maximum Gasteiger partial charge on any atom is 0.407 e. The van der Waals surface area contributed by atoms with Crippen molar-refractivity contribution in [3.63, 3.8) is 0 Å². The highest BCUT2D eigenvalue weighted by Crippen LogP contribution is 2.26. The van der Waals surface area contributed by atoms with E-state index in [2.05, 4.69) is 24.0 Å². The predicted molar refractivity (Wildman–Crippen MR) is 77.0 cm³/mol. The van der Waals surface area contributed by atoms with Crippen LogP contribution in [-0.2, 0) is 0 Å². The molecular weight excluding hydrogens is 294 g/mol. The quantitative estimate of drug-likeness (QED) is 0.860. The molecular formula is C11H13N7O2S. The van der Waals surface area contributed by atoms with Crippen molar-refractivity contribution >= 4 is 35.3 Å². The lowest BCUT2D eigenvalue weighted by Gasteiger charge is -2.33. The van der Waals surface area contributed by atoms with Gasteiger partial charge < -0.3 is 20.2 Å².